The molecular formula is C30H29NO3. The molecule has 4 aromatic carbocycles. The van der Waals surface area contributed by atoms with Crippen LogP contribution in [0.1, 0.15) is 28.7 Å². The summed E-state index contributed by atoms with van der Waals surface area (Å²) < 4.78 is 5.83. The van der Waals surface area contributed by atoms with Crippen LogP contribution in [-0.2, 0) is 21.7 Å². The average molecular weight is 452 g/mol. The topological polar surface area (TPSA) is 58.6 Å². The zero-order valence-corrected chi connectivity index (χ0v) is 19.0. The number of carboxylic acid groups (broad SMARTS) is 1. The van der Waals surface area contributed by atoms with Gasteiger partial charge in [0.2, 0.25) is 0 Å². The zero-order valence-electron chi connectivity index (χ0n) is 19.0. The fourth-order valence-corrected chi connectivity index (χ4v) is 4.30. The largest absolute Gasteiger partial charge is 0.480 e. The van der Waals surface area contributed by atoms with Crippen molar-refractivity contribution in [3.63, 3.8) is 0 Å². The van der Waals surface area contributed by atoms with Crippen molar-refractivity contribution in [2.75, 3.05) is 6.61 Å². The van der Waals surface area contributed by atoms with Crippen LogP contribution in [0.4, 0.5) is 0 Å². The van der Waals surface area contributed by atoms with E-state index in [-0.39, 0.29) is 0 Å². The number of benzene rings is 4. The van der Waals surface area contributed by atoms with Crippen LogP contribution in [0.15, 0.2) is 121 Å². The van der Waals surface area contributed by atoms with Gasteiger partial charge in [0.1, 0.15) is 6.04 Å². The molecule has 4 heteroatoms. The number of hydrogen-bond acceptors (Lipinski definition) is 3. The van der Waals surface area contributed by atoms with Crippen LogP contribution >= 0.6 is 0 Å². The van der Waals surface area contributed by atoms with Crippen LogP contribution in [0.2, 0.25) is 0 Å². The maximum absolute atomic E-state index is 12.4. The normalized spacial score (nSPS) is 12.2. The van der Waals surface area contributed by atoms with E-state index in [1.165, 1.54) is 0 Å². The van der Waals surface area contributed by atoms with Crippen molar-refractivity contribution in [1.82, 2.24) is 5.32 Å². The summed E-state index contributed by atoms with van der Waals surface area (Å²) in [5.41, 5.74) is 3.15. The van der Waals surface area contributed by atoms with Crippen LogP contribution in [-0.4, -0.2) is 23.7 Å². The molecule has 0 bridgehead atoms. The van der Waals surface area contributed by atoms with Crippen LogP contribution in [0, 0.1) is 0 Å². The summed E-state index contributed by atoms with van der Waals surface area (Å²) in [7, 11) is 0. The Labute approximate surface area is 200 Å². The van der Waals surface area contributed by atoms with E-state index in [0.717, 1.165) is 22.3 Å². The Balaban J connectivity index is 1.67. The second kappa shape index (κ2) is 11.4. The minimum atomic E-state index is -0.907. The molecule has 2 N–H and O–H groups in total. The average Bonchev–Trinajstić information content (AvgIpc) is 2.90. The second-order valence-corrected chi connectivity index (χ2v) is 8.21. The van der Waals surface area contributed by atoms with Crippen molar-refractivity contribution in [2.24, 2.45) is 0 Å². The highest BCUT2D eigenvalue weighted by Gasteiger charge is 2.39. The van der Waals surface area contributed by atoms with Gasteiger partial charge in [-0.2, -0.15) is 0 Å². The van der Waals surface area contributed by atoms with Crippen molar-refractivity contribution in [1.29, 1.82) is 0 Å². The fraction of sp³-hybridized carbons (Fsp3) is 0.167. The summed E-state index contributed by atoms with van der Waals surface area (Å²) in [6.07, 6.45) is 0.330. The van der Waals surface area contributed by atoms with Crippen LogP contribution in [0.3, 0.4) is 0 Å². The van der Waals surface area contributed by atoms with Gasteiger partial charge in [-0.1, -0.05) is 121 Å². The van der Waals surface area contributed by atoms with Gasteiger partial charge in [-0.3, -0.25) is 10.1 Å². The lowest BCUT2D eigenvalue weighted by molar-refractivity contribution is -0.140. The molecule has 4 nitrogen and oxygen atoms in total. The Morgan fingerprint density at radius 1 is 0.706 bits per heavy atom. The van der Waals surface area contributed by atoms with Gasteiger partial charge in [-0.15, -0.1) is 0 Å². The Morgan fingerprint density at radius 2 is 1.12 bits per heavy atom. The van der Waals surface area contributed by atoms with Crippen LogP contribution in [0.5, 0.6) is 0 Å². The molecule has 0 aliphatic carbocycles. The summed E-state index contributed by atoms with van der Waals surface area (Å²) in [6, 6.07) is 39.1. The first-order chi connectivity index (χ1) is 16.7. The number of carbonyl (C=O) groups is 1. The van der Waals surface area contributed by atoms with Gasteiger partial charge in [-0.05, 0) is 28.7 Å². The molecular weight excluding hydrogens is 422 g/mol. The number of carboxylic acids is 1. The van der Waals surface area contributed by atoms with Gasteiger partial charge in [-0.25, -0.2) is 0 Å². The van der Waals surface area contributed by atoms with Crippen molar-refractivity contribution in [3.8, 4) is 0 Å². The highest BCUT2D eigenvalue weighted by atomic mass is 16.5. The lowest BCUT2D eigenvalue weighted by atomic mass is 9.76. The summed E-state index contributed by atoms with van der Waals surface area (Å²) in [5, 5.41) is 13.7. The quantitative estimate of drug-likeness (QED) is 0.229. The van der Waals surface area contributed by atoms with E-state index in [1.807, 2.05) is 121 Å². The molecule has 0 saturated carbocycles. The molecule has 0 fully saturated rings. The van der Waals surface area contributed by atoms with E-state index in [2.05, 4.69) is 5.32 Å². The first kappa shape index (κ1) is 23.4. The number of hydrogen-bond donors (Lipinski definition) is 2. The molecule has 0 aromatic heterocycles. The van der Waals surface area contributed by atoms with Crippen LogP contribution < -0.4 is 5.32 Å². The molecule has 1 atom stereocenters. The van der Waals surface area contributed by atoms with E-state index >= 15 is 0 Å². The van der Waals surface area contributed by atoms with E-state index in [1.54, 1.807) is 0 Å². The molecule has 172 valence electrons. The lowest BCUT2D eigenvalue weighted by Crippen LogP contribution is -2.53. The van der Waals surface area contributed by atoms with Gasteiger partial charge >= 0.3 is 5.97 Å². The molecule has 0 amide bonds. The van der Waals surface area contributed by atoms with Crippen molar-refractivity contribution in [2.45, 2.75) is 24.6 Å². The number of nitrogens with one attached hydrogen (secondary N) is 1. The minimum absolute atomic E-state index is 0.327. The maximum atomic E-state index is 12.4. The summed E-state index contributed by atoms with van der Waals surface area (Å²) in [5.74, 6) is -0.907. The summed E-state index contributed by atoms with van der Waals surface area (Å²) in [6.45, 7) is 0.779. The van der Waals surface area contributed by atoms with E-state index in [4.69, 9.17) is 4.74 Å². The van der Waals surface area contributed by atoms with Gasteiger partial charge in [0.05, 0.1) is 12.1 Å². The first-order valence-electron chi connectivity index (χ1n) is 11.5. The fourth-order valence-electron chi connectivity index (χ4n) is 4.30. The predicted molar refractivity (Wildman–Crippen MR) is 134 cm³/mol. The smallest absolute Gasteiger partial charge is 0.320 e. The first-order valence-corrected chi connectivity index (χ1v) is 11.5. The predicted octanol–water partition coefficient (Wildman–Crippen LogP) is 5.63. The molecule has 0 unspecified atom stereocenters. The molecule has 4 aromatic rings. The summed E-state index contributed by atoms with van der Waals surface area (Å²) >= 11 is 0. The van der Waals surface area contributed by atoms with Crippen molar-refractivity contribution in [3.05, 3.63) is 144 Å². The number of rotatable bonds is 11. The highest BCUT2D eigenvalue weighted by Crippen LogP contribution is 2.37. The third-order valence-electron chi connectivity index (χ3n) is 5.97. The lowest BCUT2D eigenvalue weighted by Gasteiger charge is -2.39. The Bertz CT molecular complexity index is 1050. The standard InChI is InChI=1S/C30H29NO3/c32-29(33)28(21-22-34-23-24-13-5-1-6-14-24)31-30(25-15-7-2-8-16-25,26-17-9-3-10-18-26)27-19-11-4-12-20-27/h1-20,28,31H,21-23H2,(H,32,33)/t28-/m0/s1. The molecule has 0 spiro atoms. The third kappa shape index (κ3) is 5.42. The Kier molecular flexibility index (Phi) is 7.87. The van der Waals surface area contributed by atoms with Crippen molar-refractivity contribution >= 4 is 5.97 Å². The summed E-state index contributed by atoms with van der Waals surface area (Å²) in [4.78, 5) is 12.4. The Hall–Kier alpha value is -3.73. The van der Waals surface area contributed by atoms with E-state index in [0.29, 0.717) is 19.6 Å². The SMILES string of the molecule is O=C(O)[C@H](CCOCc1ccccc1)NC(c1ccccc1)(c1ccccc1)c1ccccc1. The van der Waals surface area contributed by atoms with Crippen LogP contribution in [0.25, 0.3) is 0 Å². The highest BCUT2D eigenvalue weighted by molar-refractivity contribution is 5.74. The molecule has 0 radical (unpaired) electrons. The molecule has 0 heterocycles. The zero-order chi connectivity index (χ0) is 23.6. The van der Waals surface area contributed by atoms with Gasteiger partial charge in [0, 0.05) is 6.61 Å². The van der Waals surface area contributed by atoms with Gasteiger partial charge in [0.15, 0.2) is 0 Å². The van der Waals surface area contributed by atoms with Gasteiger partial charge < -0.3 is 9.84 Å². The monoisotopic (exact) mass is 451 g/mol. The van der Waals surface area contributed by atoms with E-state index in [9.17, 15) is 9.90 Å². The molecule has 0 saturated heterocycles. The molecule has 0 aliphatic rings. The van der Waals surface area contributed by atoms with Gasteiger partial charge in [0.25, 0.3) is 0 Å². The minimum Gasteiger partial charge on any atom is -0.480 e. The molecule has 0 aliphatic heterocycles. The molecule has 4 rings (SSSR count). The maximum Gasteiger partial charge on any atom is 0.320 e. The number of aliphatic carboxylic acids is 1. The molecule has 34 heavy (non-hydrogen) atoms. The second-order valence-electron chi connectivity index (χ2n) is 8.21. The van der Waals surface area contributed by atoms with Crippen molar-refractivity contribution < 1.29 is 14.6 Å². The number of ether oxygens (including phenoxy) is 1. The Morgan fingerprint density at radius 3 is 1.53 bits per heavy atom. The van der Waals surface area contributed by atoms with E-state index < -0.39 is 17.6 Å². The third-order valence-corrected chi connectivity index (χ3v) is 5.97.